The molecular weight excluding hydrogens is 734 g/mol. The molecule has 6 aromatic rings. The number of hydrogen-bond donors (Lipinski definition) is 0. The first-order valence-electron chi connectivity index (χ1n) is 21.8. The summed E-state index contributed by atoms with van der Waals surface area (Å²) in [4.78, 5) is 2.49. The minimum atomic E-state index is -0.0972. The maximum atomic E-state index is 12.6. The van der Waals surface area contributed by atoms with E-state index in [9.17, 15) is 4.39 Å². The van der Waals surface area contributed by atoms with Crippen molar-refractivity contribution >= 4 is 6.08 Å². The Bertz CT molecular complexity index is 2050. The minimum absolute atomic E-state index is 0.0972. The van der Waals surface area contributed by atoms with Gasteiger partial charge in [-0.3, -0.25) is 4.90 Å². The molecule has 0 spiro atoms. The summed E-state index contributed by atoms with van der Waals surface area (Å²) in [6.07, 6.45) is 7.28. The SMILES string of the molecule is CC=Cc1ccc(CC)cc1.CCN1CCc2ccccc2C1.CCOc1ccc(C)cc1.CCc1ccccc1F.Cc1ccc(C)c(C)c1.Cc1ccc(C)c(C)c1. The molecule has 1 aliphatic rings. The lowest BCUT2D eigenvalue weighted by Crippen LogP contribution is -2.29. The zero-order valence-corrected chi connectivity index (χ0v) is 39.0. The van der Waals surface area contributed by atoms with Crippen molar-refractivity contribution in [1.82, 2.24) is 4.90 Å². The van der Waals surface area contributed by atoms with Crippen molar-refractivity contribution in [2.75, 3.05) is 19.7 Å². The van der Waals surface area contributed by atoms with E-state index in [1.54, 1.807) is 17.7 Å². The van der Waals surface area contributed by atoms with Gasteiger partial charge in [0.05, 0.1) is 6.61 Å². The predicted octanol–water partition coefficient (Wildman–Crippen LogP) is 15.4. The van der Waals surface area contributed by atoms with E-state index in [-0.39, 0.29) is 5.82 Å². The number of halogens is 1. The van der Waals surface area contributed by atoms with Crippen molar-refractivity contribution in [3.8, 4) is 5.75 Å². The van der Waals surface area contributed by atoms with Crippen molar-refractivity contribution in [1.29, 1.82) is 0 Å². The molecule has 3 heteroatoms. The Morgan fingerprint density at radius 2 is 1.10 bits per heavy atom. The molecule has 1 aliphatic heterocycles. The van der Waals surface area contributed by atoms with Crippen molar-refractivity contribution in [3.05, 3.63) is 212 Å². The van der Waals surface area contributed by atoms with Gasteiger partial charge in [-0.05, 0) is 156 Å². The molecule has 0 aromatic heterocycles. The molecule has 0 fully saturated rings. The van der Waals surface area contributed by atoms with E-state index >= 15 is 0 Å². The fourth-order valence-electron chi connectivity index (χ4n) is 6.25. The molecule has 0 unspecified atom stereocenters. The molecule has 0 N–H and O–H groups in total. The number of nitrogens with zero attached hydrogens (tertiary/aromatic N) is 1. The van der Waals surface area contributed by atoms with Crippen LogP contribution in [-0.4, -0.2) is 24.6 Å². The third-order valence-electron chi connectivity index (χ3n) is 10.4. The van der Waals surface area contributed by atoms with E-state index in [4.69, 9.17) is 4.74 Å². The van der Waals surface area contributed by atoms with Crippen LogP contribution in [0.4, 0.5) is 4.39 Å². The van der Waals surface area contributed by atoms with Gasteiger partial charge >= 0.3 is 0 Å². The lowest BCUT2D eigenvalue weighted by atomic mass is 10.0. The zero-order chi connectivity index (χ0) is 44.3. The van der Waals surface area contributed by atoms with Gasteiger partial charge in [0.2, 0.25) is 0 Å². The van der Waals surface area contributed by atoms with Gasteiger partial charge < -0.3 is 4.74 Å². The average molecular weight is 808 g/mol. The summed E-state index contributed by atoms with van der Waals surface area (Å²) in [5, 5.41) is 0. The summed E-state index contributed by atoms with van der Waals surface area (Å²) >= 11 is 0. The highest BCUT2D eigenvalue weighted by molar-refractivity contribution is 5.49. The van der Waals surface area contributed by atoms with E-state index in [1.807, 2.05) is 51.1 Å². The van der Waals surface area contributed by atoms with Crippen LogP contribution in [0.15, 0.2) is 140 Å². The van der Waals surface area contributed by atoms with Gasteiger partial charge in [-0.1, -0.05) is 165 Å². The van der Waals surface area contributed by atoms with Gasteiger partial charge in [0, 0.05) is 13.1 Å². The van der Waals surface area contributed by atoms with E-state index in [2.05, 4.69) is 164 Å². The maximum absolute atomic E-state index is 12.6. The highest BCUT2D eigenvalue weighted by Crippen LogP contribution is 2.18. The van der Waals surface area contributed by atoms with Crippen molar-refractivity contribution in [2.45, 2.75) is 109 Å². The molecule has 0 saturated heterocycles. The van der Waals surface area contributed by atoms with Gasteiger partial charge in [0.25, 0.3) is 0 Å². The molecule has 0 aliphatic carbocycles. The number of hydrogen-bond acceptors (Lipinski definition) is 2. The molecule has 0 amide bonds. The van der Waals surface area contributed by atoms with E-state index in [0.717, 1.165) is 37.3 Å². The Morgan fingerprint density at radius 1 is 0.567 bits per heavy atom. The fourth-order valence-corrected chi connectivity index (χ4v) is 6.25. The first-order chi connectivity index (χ1) is 28.8. The van der Waals surface area contributed by atoms with Crippen LogP contribution in [0.2, 0.25) is 0 Å². The molecule has 6 aromatic carbocycles. The number of likely N-dealkylation sites (N-methyl/N-ethyl adjacent to an activating group) is 1. The van der Waals surface area contributed by atoms with E-state index in [1.165, 1.54) is 81.2 Å². The van der Waals surface area contributed by atoms with Crippen LogP contribution in [-0.2, 0) is 25.8 Å². The summed E-state index contributed by atoms with van der Waals surface area (Å²) in [6.45, 7) is 29.5. The Morgan fingerprint density at radius 3 is 1.55 bits per heavy atom. The van der Waals surface area contributed by atoms with Gasteiger partial charge in [-0.2, -0.15) is 0 Å². The number of rotatable bonds is 6. The molecule has 60 heavy (non-hydrogen) atoms. The number of ether oxygens (including phenoxy) is 1. The van der Waals surface area contributed by atoms with Gasteiger partial charge in [0.1, 0.15) is 11.6 Å². The third kappa shape index (κ3) is 20.1. The van der Waals surface area contributed by atoms with Gasteiger partial charge in [-0.25, -0.2) is 4.39 Å². The molecule has 1 heterocycles. The quantitative estimate of drug-likeness (QED) is 0.166. The Hall–Kier alpha value is -5.25. The van der Waals surface area contributed by atoms with Crippen LogP contribution < -0.4 is 4.74 Å². The molecule has 7 rings (SSSR count). The third-order valence-corrected chi connectivity index (χ3v) is 10.4. The Kier molecular flexibility index (Phi) is 24.6. The van der Waals surface area contributed by atoms with Crippen molar-refractivity contribution < 1.29 is 9.13 Å². The average Bonchev–Trinajstić information content (AvgIpc) is 3.26. The summed E-state index contributed by atoms with van der Waals surface area (Å²) in [7, 11) is 0. The normalized spacial score (nSPS) is 11.3. The molecule has 2 nitrogen and oxygen atoms in total. The van der Waals surface area contributed by atoms with Crippen LogP contribution in [0.5, 0.6) is 5.75 Å². The Labute approximate surface area is 365 Å². The second kappa shape index (κ2) is 29.1. The Balaban J connectivity index is 0.000000249. The zero-order valence-electron chi connectivity index (χ0n) is 39.0. The standard InChI is InChI=1S/C11H15N.C11H14.C9H12O.2C9H12.C8H9F/c1-2-12-8-7-10-5-3-4-6-11(10)9-12;1-3-5-11-8-6-10(4-2)7-9-11;1-3-10-9-6-4-8(2)5-7-9;2*1-7-4-5-8(2)9(3)6-7;1-2-7-5-3-4-6-8(7)9/h3-6H,2,7-9H2,1H3;3,5-9H,4H2,1-2H3;4-7H,3H2,1-2H3;2*4-6H,1-3H3;3-6H,2H2,1H3. The molecule has 320 valence electrons. The fraction of sp³-hybridized carbons (Fsp3) is 0.333. The molecule has 0 atom stereocenters. The number of aryl methyl sites for hydroxylation is 9. The highest BCUT2D eigenvalue weighted by atomic mass is 19.1. The lowest BCUT2D eigenvalue weighted by Gasteiger charge is -2.27. The van der Waals surface area contributed by atoms with Crippen molar-refractivity contribution in [3.63, 3.8) is 0 Å². The summed E-state index contributed by atoms with van der Waals surface area (Å²) in [6, 6.07) is 45.3. The highest BCUT2D eigenvalue weighted by Gasteiger charge is 2.13. The summed E-state index contributed by atoms with van der Waals surface area (Å²) < 4.78 is 17.9. The molecule has 0 bridgehead atoms. The second-order valence-corrected chi connectivity index (χ2v) is 15.3. The van der Waals surface area contributed by atoms with E-state index in [0.29, 0.717) is 0 Å². The second-order valence-electron chi connectivity index (χ2n) is 15.3. The number of allylic oxidation sites excluding steroid dienone is 1. The molecular formula is C57H74FNO. The van der Waals surface area contributed by atoms with Crippen LogP contribution in [0, 0.1) is 54.3 Å². The van der Waals surface area contributed by atoms with Gasteiger partial charge in [-0.15, -0.1) is 0 Å². The first-order valence-corrected chi connectivity index (χ1v) is 21.8. The summed E-state index contributed by atoms with van der Waals surface area (Å²) in [5.74, 6) is 0.855. The maximum Gasteiger partial charge on any atom is 0.126 e. The van der Waals surface area contributed by atoms with Gasteiger partial charge in [0.15, 0.2) is 0 Å². The smallest absolute Gasteiger partial charge is 0.126 e. The molecule has 0 radical (unpaired) electrons. The lowest BCUT2D eigenvalue weighted by molar-refractivity contribution is 0.268. The largest absolute Gasteiger partial charge is 0.494 e. The van der Waals surface area contributed by atoms with Crippen LogP contribution >= 0.6 is 0 Å². The predicted molar refractivity (Wildman–Crippen MR) is 261 cm³/mol. The van der Waals surface area contributed by atoms with Crippen LogP contribution in [0.1, 0.15) is 101 Å². The molecule has 0 saturated carbocycles. The topological polar surface area (TPSA) is 12.5 Å². The summed E-state index contributed by atoms with van der Waals surface area (Å²) in [5.41, 5.74) is 16.0. The van der Waals surface area contributed by atoms with E-state index < -0.39 is 0 Å². The monoisotopic (exact) mass is 808 g/mol. The number of benzene rings is 6. The number of fused-ring (bicyclic) bond motifs is 1. The first kappa shape index (κ1) is 50.9. The van der Waals surface area contributed by atoms with Crippen LogP contribution in [0.25, 0.3) is 6.08 Å². The van der Waals surface area contributed by atoms with Crippen LogP contribution in [0.3, 0.4) is 0 Å². The minimum Gasteiger partial charge on any atom is -0.494 e. The van der Waals surface area contributed by atoms with Crippen molar-refractivity contribution in [2.24, 2.45) is 0 Å².